The van der Waals surface area contributed by atoms with Crippen molar-refractivity contribution in [1.29, 1.82) is 0 Å². The van der Waals surface area contributed by atoms with Crippen molar-refractivity contribution in [3.05, 3.63) is 212 Å². The van der Waals surface area contributed by atoms with E-state index in [-0.39, 0.29) is 0 Å². The van der Waals surface area contributed by atoms with Gasteiger partial charge < -0.3 is 14.2 Å². The highest BCUT2D eigenvalue weighted by atomic mass is 16.5. The van der Waals surface area contributed by atoms with Gasteiger partial charge in [0.2, 0.25) is 0 Å². The Balaban J connectivity index is 1.07. The van der Waals surface area contributed by atoms with Gasteiger partial charge in [0.15, 0.2) is 17.5 Å². The van der Waals surface area contributed by atoms with E-state index in [2.05, 4.69) is 149 Å². The lowest BCUT2D eigenvalue weighted by Gasteiger charge is -2.29. The van der Waals surface area contributed by atoms with E-state index in [4.69, 9.17) is 19.7 Å². The summed E-state index contributed by atoms with van der Waals surface area (Å²) in [4.78, 5) is 17.6. The zero-order valence-electron chi connectivity index (χ0n) is 32.9. The highest BCUT2D eigenvalue weighted by molar-refractivity contribution is 6.14. The molecule has 12 rings (SSSR count). The number of nitrogens with zero attached hydrogens (tertiary/aromatic N) is 5. The Kier molecular flexibility index (Phi) is 8.06. The first-order chi connectivity index (χ1) is 30.3. The largest absolute Gasteiger partial charge is 0.456 e. The van der Waals surface area contributed by atoms with Crippen LogP contribution in [0.4, 0.5) is 17.1 Å². The van der Waals surface area contributed by atoms with Gasteiger partial charge in [-0.3, -0.25) is 0 Å². The Hall–Kier alpha value is -8.35. The minimum atomic E-state index is 0.581. The molecule has 286 valence electrons. The first-order valence-electron chi connectivity index (χ1n) is 20.4. The van der Waals surface area contributed by atoms with Gasteiger partial charge in [-0.15, -0.1) is 0 Å². The number of hydrogen-bond acceptors (Lipinski definition) is 5. The summed E-state index contributed by atoms with van der Waals surface area (Å²) in [6.07, 6.45) is 0. The molecule has 0 spiro atoms. The van der Waals surface area contributed by atoms with Gasteiger partial charge in [-0.25, -0.2) is 15.0 Å². The molecule has 0 saturated carbocycles. The zero-order chi connectivity index (χ0) is 40.3. The fraction of sp³-hybridized carbons (Fsp3) is 0. The van der Waals surface area contributed by atoms with Crippen molar-refractivity contribution in [2.75, 3.05) is 4.90 Å². The maximum atomic E-state index is 6.85. The average Bonchev–Trinajstić information content (AvgIpc) is 3.67. The standard InChI is InChI=1S/C55H35N5O/c1-5-17-36(18-6-1)53-56-54(37-19-7-2-8-20-37)58-55(57-53)45-28-16-30-49-52(45)44-27-15-26-43-47(33-34-50(61-49)51(43)44)59(38-21-9-3-10-22-38)40-31-32-42-41-25-13-14-29-46(41)60(48(42)35-40)39-23-11-4-12-24-39/h1-35H. The number of para-hydroxylation sites is 3. The molecule has 1 aliphatic heterocycles. The summed E-state index contributed by atoms with van der Waals surface area (Å²) in [6.45, 7) is 0. The Morgan fingerprint density at radius 2 is 0.984 bits per heavy atom. The molecular weight excluding hydrogens is 747 g/mol. The molecule has 0 fully saturated rings. The number of aromatic nitrogens is 4. The monoisotopic (exact) mass is 781 g/mol. The molecule has 2 aromatic heterocycles. The van der Waals surface area contributed by atoms with Crippen LogP contribution in [-0.4, -0.2) is 19.5 Å². The maximum Gasteiger partial charge on any atom is 0.164 e. The van der Waals surface area contributed by atoms with E-state index in [0.717, 1.165) is 78.4 Å². The van der Waals surface area contributed by atoms with Crippen LogP contribution >= 0.6 is 0 Å². The molecule has 6 nitrogen and oxygen atoms in total. The SMILES string of the molecule is c1ccc(-c2nc(-c3ccccc3)nc(-c3cccc4c3-c3cccc5c(N(c6ccccc6)c6ccc7c8ccccc8n(-c8ccccc8)c7c6)ccc(c35)O4)n2)cc1. The molecule has 0 N–H and O–H groups in total. The van der Waals surface area contributed by atoms with Crippen LogP contribution in [0.1, 0.15) is 0 Å². The molecule has 61 heavy (non-hydrogen) atoms. The van der Waals surface area contributed by atoms with Crippen molar-refractivity contribution < 1.29 is 4.74 Å². The van der Waals surface area contributed by atoms with Gasteiger partial charge in [0.25, 0.3) is 0 Å². The third kappa shape index (κ3) is 5.76. The first-order valence-corrected chi connectivity index (χ1v) is 20.4. The number of hydrogen-bond donors (Lipinski definition) is 0. The van der Waals surface area contributed by atoms with Gasteiger partial charge in [0.05, 0.1) is 16.7 Å². The third-order valence-corrected chi connectivity index (χ3v) is 11.6. The lowest BCUT2D eigenvalue weighted by molar-refractivity contribution is 0.487. The van der Waals surface area contributed by atoms with Gasteiger partial charge in [0.1, 0.15) is 11.5 Å². The molecule has 6 heteroatoms. The normalized spacial score (nSPS) is 11.7. The topological polar surface area (TPSA) is 56.1 Å². The summed E-state index contributed by atoms with van der Waals surface area (Å²) in [6, 6.07) is 73.9. The Morgan fingerprint density at radius 3 is 1.72 bits per heavy atom. The second-order valence-corrected chi connectivity index (χ2v) is 15.2. The number of rotatable bonds is 7. The van der Waals surface area contributed by atoms with E-state index in [1.54, 1.807) is 0 Å². The Morgan fingerprint density at radius 1 is 0.393 bits per heavy atom. The van der Waals surface area contributed by atoms with Crippen LogP contribution < -0.4 is 9.64 Å². The molecule has 0 aliphatic carbocycles. The zero-order valence-corrected chi connectivity index (χ0v) is 32.9. The number of anilines is 3. The second-order valence-electron chi connectivity index (χ2n) is 15.2. The van der Waals surface area contributed by atoms with Gasteiger partial charge in [0, 0.05) is 60.9 Å². The molecular formula is C55H35N5O. The van der Waals surface area contributed by atoms with Crippen molar-refractivity contribution in [3.63, 3.8) is 0 Å². The minimum absolute atomic E-state index is 0.581. The summed E-state index contributed by atoms with van der Waals surface area (Å²) in [5.41, 5.74) is 11.3. The molecule has 1 aliphatic rings. The highest BCUT2D eigenvalue weighted by Crippen LogP contribution is 2.53. The van der Waals surface area contributed by atoms with Crippen molar-refractivity contribution in [1.82, 2.24) is 19.5 Å². The first kappa shape index (κ1) is 34.7. The van der Waals surface area contributed by atoms with Crippen LogP contribution in [0.25, 0.3) is 83.6 Å². The molecule has 11 aromatic rings. The van der Waals surface area contributed by atoms with Gasteiger partial charge >= 0.3 is 0 Å². The summed E-state index contributed by atoms with van der Waals surface area (Å²) in [5, 5.41) is 4.52. The van der Waals surface area contributed by atoms with Crippen LogP contribution in [0.3, 0.4) is 0 Å². The van der Waals surface area contributed by atoms with E-state index < -0.39 is 0 Å². The minimum Gasteiger partial charge on any atom is -0.456 e. The fourth-order valence-electron chi connectivity index (χ4n) is 8.93. The highest BCUT2D eigenvalue weighted by Gasteiger charge is 2.28. The van der Waals surface area contributed by atoms with Crippen molar-refractivity contribution in [3.8, 4) is 62.5 Å². The van der Waals surface area contributed by atoms with E-state index in [9.17, 15) is 0 Å². The van der Waals surface area contributed by atoms with Crippen molar-refractivity contribution in [2.24, 2.45) is 0 Å². The summed E-state index contributed by atoms with van der Waals surface area (Å²) in [5.74, 6) is 3.37. The molecule has 9 aromatic carbocycles. The predicted molar refractivity (Wildman–Crippen MR) is 248 cm³/mol. The van der Waals surface area contributed by atoms with Gasteiger partial charge in [-0.2, -0.15) is 0 Å². The lowest BCUT2D eigenvalue weighted by Crippen LogP contribution is -2.11. The molecule has 3 heterocycles. The fourth-order valence-corrected chi connectivity index (χ4v) is 8.93. The van der Waals surface area contributed by atoms with E-state index >= 15 is 0 Å². The third-order valence-electron chi connectivity index (χ3n) is 11.6. The number of benzene rings is 9. The summed E-state index contributed by atoms with van der Waals surface area (Å²) in [7, 11) is 0. The predicted octanol–water partition coefficient (Wildman–Crippen LogP) is 14.4. The maximum absolute atomic E-state index is 6.85. The molecule has 0 saturated heterocycles. The molecule has 0 amide bonds. The van der Waals surface area contributed by atoms with Crippen LogP contribution in [-0.2, 0) is 0 Å². The summed E-state index contributed by atoms with van der Waals surface area (Å²) < 4.78 is 9.22. The van der Waals surface area contributed by atoms with Gasteiger partial charge in [-0.1, -0.05) is 152 Å². The second kappa shape index (κ2) is 14.2. The van der Waals surface area contributed by atoms with E-state index in [0.29, 0.717) is 17.5 Å². The Labute approximate surface area is 352 Å². The molecule has 0 radical (unpaired) electrons. The van der Waals surface area contributed by atoms with E-state index in [1.807, 2.05) is 72.8 Å². The van der Waals surface area contributed by atoms with Crippen LogP contribution in [0, 0.1) is 0 Å². The number of fused-ring (bicyclic) bond motifs is 5. The smallest absolute Gasteiger partial charge is 0.164 e. The van der Waals surface area contributed by atoms with Gasteiger partial charge in [-0.05, 0) is 66.2 Å². The van der Waals surface area contributed by atoms with E-state index in [1.165, 1.54) is 16.3 Å². The van der Waals surface area contributed by atoms with Crippen molar-refractivity contribution >= 4 is 49.6 Å². The summed E-state index contributed by atoms with van der Waals surface area (Å²) >= 11 is 0. The molecule has 0 atom stereocenters. The number of ether oxygens (including phenoxy) is 1. The molecule has 0 unspecified atom stereocenters. The lowest BCUT2D eigenvalue weighted by atomic mass is 9.90. The quantitative estimate of drug-likeness (QED) is 0.161. The van der Waals surface area contributed by atoms with Crippen molar-refractivity contribution in [2.45, 2.75) is 0 Å². The molecule has 0 bridgehead atoms. The van der Waals surface area contributed by atoms with Crippen LogP contribution in [0.5, 0.6) is 11.5 Å². The Bertz CT molecular complexity index is 3380. The van der Waals surface area contributed by atoms with Crippen LogP contribution in [0.2, 0.25) is 0 Å². The van der Waals surface area contributed by atoms with Crippen LogP contribution in [0.15, 0.2) is 212 Å². The average molecular weight is 782 g/mol.